The molecule has 0 heterocycles. The molecule has 0 rings (SSSR count). The minimum Gasteiger partial charge on any atom is -0.305 e. The van der Waals surface area contributed by atoms with E-state index in [4.69, 9.17) is 16.2 Å². The van der Waals surface area contributed by atoms with Gasteiger partial charge in [-0.1, -0.05) is 0 Å². The van der Waals surface area contributed by atoms with E-state index >= 15 is 0 Å². The number of nitrogens with one attached hydrogen (secondary N) is 1. The van der Waals surface area contributed by atoms with Crippen molar-refractivity contribution >= 4 is 22.7 Å². The monoisotopic (exact) mass is 157 g/mol. The Hall–Kier alpha value is 0.360. The molecule has 0 aromatic heterocycles. The average molecular weight is 158 g/mol. The molecule has 0 spiro atoms. The van der Waals surface area contributed by atoms with Crippen molar-refractivity contribution in [3.63, 3.8) is 0 Å². The molecule has 0 saturated carbocycles. The third kappa shape index (κ3) is 6.36. The second-order valence-electron chi connectivity index (χ2n) is 1.15. The van der Waals surface area contributed by atoms with Gasteiger partial charge in [-0.05, 0) is 0 Å². The van der Waals surface area contributed by atoms with Crippen molar-refractivity contribution in [3.05, 3.63) is 0 Å². The molecule has 0 radical (unpaired) electrons. The van der Waals surface area contributed by atoms with Crippen molar-refractivity contribution in [2.45, 2.75) is 0 Å². The smallest absolute Gasteiger partial charge is 0.167 e. The molecule has 0 aromatic carbocycles. The Kier molecular flexibility index (Phi) is 5.74. The number of hydrogen-bond acceptors (Lipinski definition) is 2. The second kappa shape index (κ2) is 5.50. The molecule has 50 valence electrons. The van der Waals surface area contributed by atoms with Crippen LogP contribution >= 0.6 is 11.6 Å². The highest BCUT2D eigenvalue weighted by atomic mass is 35.5. The first-order valence-corrected chi connectivity index (χ1v) is 3.92. The molecule has 0 aliphatic rings. The highest BCUT2D eigenvalue weighted by Crippen LogP contribution is 1.70. The summed E-state index contributed by atoms with van der Waals surface area (Å²) in [4.78, 5) is 0. The number of halogens is 1. The van der Waals surface area contributed by atoms with Crippen molar-refractivity contribution in [2.24, 2.45) is 0 Å². The van der Waals surface area contributed by atoms with Gasteiger partial charge in [-0.15, -0.1) is 11.6 Å². The van der Waals surface area contributed by atoms with Crippen molar-refractivity contribution in [1.29, 1.82) is 0 Å². The zero-order chi connectivity index (χ0) is 6.41. The third-order valence-corrected chi connectivity index (χ3v) is 1.14. The molecule has 5 heteroatoms. The summed E-state index contributed by atoms with van der Waals surface area (Å²) in [7, 11) is 0. The van der Waals surface area contributed by atoms with Crippen LogP contribution in [-0.2, 0) is 11.1 Å². The highest BCUT2D eigenvalue weighted by molar-refractivity contribution is 7.79. The van der Waals surface area contributed by atoms with E-state index in [0.717, 1.165) is 0 Å². The van der Waals surface area contributed by atoms with Crippen LogP contribution in [0.1, 0.15) is 0 Å². The van der Waals surface area contributed by atoms with Crippen LogP contribution in [-0.4, -0.2) is 27.1 Å². The van der Waals surface area contributed by atoms with Gasteiger partial charge in [0.15, 0.2) is 11.1 Å². The number of rotatable bonds is 4. The van der Waals surface area contributed by atoms with Crippen LogP contribution in [0.25, 0.3) is 0 Å². The first-order valence-electron chi connectivity index (χ1n) is 2.11. The van der Waals surface area contributed by atoms with E-state index in [1.165, 1.54) is 0 Å². The maximum Gasteiger partial charge on any atom is 0.167 e. The summed E-state index contributed by atoms with van der Waals surface area (Å²) in [5.41, 5.74) is 0. The average Bonchev–Trinajstić information content (AvgIpc) is 1.66. The lowest BCUT2D eigenvalue weighted by Gasteiger charge is -1.94. The van der Waals surface area contributed by atoms with E-state index in [-0.39, 0.29) is 5.88 Å². The summed E-state index contributed by atoms with van der Waals surface area (Å²) in [5, 5.41) is 2.65. The fourth-order valence-corrected chi connectivity index (χ4v) is 0.679. The Morgan fingerprint density at radius 1 is 1.75 bits per heavy atom. The normalized spacial score (nSPS) is 13.8. The lowest BCUT2D eigenvalue weighted by molar-refractivity contribution is 0.557. The quantitative estimate of drug-likeness (QED) is 0.343. The predicted octanol–water partition coefficient (Wildman–Crippen LogP) is -0.00600. The second-order valence-corrected chi connectivity index (χ2v) is 2.46. The number of hydrogen-bond donors (Lipinski definition) is 2. The van der Waals surface area contributed by atoms with Crippen LogP contribution < -0.4 is 5.32 Å². The molecule has 0 bridgehead atoms. The zero-order valence-corrected chi connectivity index (χ0v) is 5.84. The Bertz CT molecular complexity index is 79.7. The largest absolute Gasteiger partial charge is 0.305 e. The molecule has 0 aliphatic heterocycles. The summed E-state index contributed by atoms with van der Waals surface area (Å²) in [6, 6.07) is 0. The zero-order valence-electron chi connectivity index (χ0n) is 4.26. The predicted molar refractivity (Wildman–Crippen MR) is 34.4 cm³/mol. The molecule has 1 unspecified atom stereocenters. The van der Waals surface area contributed by atoms with Gasteiger partial charge in [-0.25, -0.2) is 4.21 Å². The van der Waals surface area contributed by atoms with Gasteiger partial charge >= 0.3 is 0 Å². The Morgan fingerprint density at radius 3 is 2.75 bits per heavy atom. The van der Waals surface area contributed by atoms with Crippen LogP contribution in [0.3, 0.4) is 0 Å². The van der Waals surface area contributed by atoms with Gasteiger partial charge in [0.2, 0.25) is 0 Å². The lowest BCUT2D eigenvalue weighted by atomic mass is 10.8. The molecule has 0 fully saturated rings. The first-order chi connectivity index (χ1) is 3.77. The Labute approximate surface area is 55.7 Å². The summed E-state index contributed by atoms with van der Waals surface area (Å²) < 4.78 is 18.0. The molecular weight excluding hydrogens is 150 g/mol. The maximum atomic E-state index is 9.88. The molecule has 0 amide bonds. The topological polar surface area (TPSA) is 49.3 Å². The van der Waals surface area contributed by atoms with Gasteiger partial charge in [0.25, 0.3) is 0 Å². The number of alkyl halides is 1. The van der Waals surface area contributed by atoms with Crippen molar-refractivity contribution in [2.75, 3.05) is 18.3 Å². The van der Waals surface area contributed by atoms with Crippen LogP contribution in [0.5, 0.6) is 0 Å². The molecule has 3 nitrogen and oxygen atoms in total. The Morgan fingerprint density at radius 2 is 2.38 bits per heavy atom. The van der Waals surface area contributed by atoms with Gasteiger partial charge < -0.3 is 9.87 Å². The third-order valence-electron chi connectivity index (χ3n) is 0.497. The minimum atomic E-state index is -1.74. The minimum absolute atomic E-state index is 0.104. The van der Waals surface area contributed by atoms with E-state index in [1.54, 1.807) is 0 Å². The molecule has 1 atom stereocenters. The molecule has 0 saturated heterocycles. The van der Waals surface area contributed by atoms with E-state index in [0.29, 0.717) is 12.4 Å². The van der Waals surface area contributed by atoms with Crippen LogP contribution in [0, 0.1) is 0 Å². The lowest BCUT2D eigenvalue weighted by Crippen LogP contribution is -2.20. The van der Waals surface area contributed by atoms with Crippen LogP contribution in [0.4, 0.5) is 0 Å². The standard InChI is InChI=1S/C3H8ClNO2S/c4-1-2-5-3-8(6)7/h5H,1-3H2,(H,6,7). The summed E-state index contributed by atoms with van der Waals surface area (Å²) in [5.74, 6) is 0.573. The molecule has 8 heavy (non-hydrogen) atoms. The summed E-state index contributed by atoms with van der Waals surface area (Å²) in [6.07, 6.45) is 0. The summed E-state index contributed by atoms with van der Waals surface area (Å²) >= 11 is 3.51. The maximum absolute atomic E-state index is 9.88. The van der Waals surface area contributed by atoms with Crippen LogP contribution in [0.15, 0.2) is 0 Å². The first kappa shape index (κ1) is 8.36. The van der Waals surface area contributed by atoms with E-state index in [2.05, 4.69) is 5.32 Å². The summed E-state index contributed by atoms with van der Waals surface area (Å²) in [6.45, 7) is 0.577. The molecular formula is C3H8ClNO2S. The van der Waals surface area contributed by atoms with Gasteiger partial charge in [-0.3, -0.25) is 0 Å². The van der Waals surface area contributed by atoms with Crippen molar-refractivity contribution < 1.29 is 8.76 Å². The molecule has 2 N–H and O–H groups in total. The van der Waals surface area contributed by atoms with Crippen LogP contribution in [0.2, 0.25) is 0 Å². The fourth-order valence-electron chi connectivity index (χ4n) is 0.226. The van der Waals surface area contributed by atoms with Crippen molar-refractivity contribution in [3.8, 4) is 0 Å². The van der Waals surface area contributed by atoms with Gasteiger partial charge in [-0.2, -0.15) is 0 Å². The van der Waals surface area contributed by atoms with E-state index in [9.17, 15) is 4.21 Å². The van der Waals surface area contributed by atoms with E-state index < -0.39 is 11.1 Å². The fraction of sp³-hybridized carbons (Fsp3) is 1.00. The Balaban J connectivity index is 2.82. The molecule has 0 aliphatic carbocycles. The SMILES string of the molecule is O=S(O)CNCCCl. The van der Waals surface area contributed by atoms with E-state index in [1.807, 2.05) is 0 Å². The molecule has 0 aromatic rings. The van der Waals surface area contributed by atoms with Gasteiger partial charge in [0.05, 0.1) is 5.88 Å². The van der Waals surface area contributed by atoms with Crippen molar-refractivity contribution in [1.82, 2.24) is 5.32 Å². The van der Waals surface area contributed by atoms with Gasteiger partial charge in [0.1, 0.15) is 0 Å². The van der Waals surface area contributed by atoms with Gasteiger partial charge in [0, 0.05) is 12.4 Å². The highest BCUT2D eigenvalue weighted by Gasteiger charge is 1.88.